The van der Waals surface area contributed by atoms with Crippen molar-refractivity contribution >= 4 is 16.9 Å². The molecule has 96 valence electrons. The van der Waals surface area contributed by atoms with E-state index in [0.29, 0.717) is 11.0 Å². The Morgan fingerprint density at radius 1 is 1.33 bits per heavy atom. The molecule has 1 aromatic heterocycles. The van der Waals surface area contributed by atoms with Gasteiger partial charge in [-0.3, -0.25) is 4.79 Å². The van der Waals surface area contributed by atoms with E-state index in [4.69, 9.17) is 4.42 Å². The Kier molecular flexibility index (Phi) is 3.02. The Morgan fingerprint density at radius 3 is 2.72 bits per heavy atom. The minimum Gasteiger partial charge on any atom is -0.451 e. The Hall–Kier alpha value is -1.98. The predicted molar refractivity (Wildman–Crippen MR) is 59.3 cm³/mol. The minimum absolute atomic E-state index is 0.125. The van der Waals surface area contributed by atoms with Crippen molar-refractivity contribution in [3.63, 3.8) is 0 Å². The van der Waals surface area contributed by atoms with Crippen molar-refractivity contribution in [3.05, 3.63) is 35.6 Å². The van der Waals surface area contributed by atoms with E-state index in [2.05, 4.69) is 0 Å². The molecule has 0 bridgehead atoms. The van der Waals surface area contributed by atoms with Crippen LogP contribution >= 0.6 is 0 Å². The van der Waals surface area contributed by atoms with E-state index in [-0.39, 0.29) is 5.76 Å². The standard InChI is InChI=1S/C12H10F3NO2/c1-7-2-3-8-5-10(18-9(8)4-7)11(17)16-6-12(13,14)15/h2-5H,6H2,1H3,(H,16,17). The smallest absolute Gasteiger partial charge is 0.405 e. The number of hydrogen-bond donors (Lipinski definition) is 1. The van der Waals surface area contributed by atoms with E-state index in [1.165, 1.54) is 6.07 Å². The van der Waals surface area contributed by atoms with Gasteiger partial charge in [-0.05, 0) is 24.6 Å². The van der Waals surface area contributed by atoms with Crippen LogP contribution in [0.25, 0.3) is 11.0 Å². The van der Waals surface area contributed by atoms with Crippen molar-refractivity contribution in [2.45, 2.75) is 13.1 Å². The van der Waals surface area contributed by atoms with Crippen molar-refractivity contribution < 1.29 is 22.4 Å². The molecule has 0 radical (unpaired) electrons. The Morgan fingerprint density at radius 2 is 2.06 bits per heavy atom. The lowest BCUT2D eigenvalue weighted by atomic mass is 10.2. The fraction of sp³-hybridized carbons (Fsp3) is 0.250. The zero-order valence-corrected chi connectivity index (χ0v) is 9.47. The molecule has 2 rings (SSSR count). The quantitative estimate of drug-likeness (QED) is 0.898. The van der Waals surface area contributed by atoms with Crippen molar-refractivity contribution in [2.75, 3.05) is 6.54 Å². The summed E-state index contributed by atoms with van der Waals surface area (Å²) < 4.78 is 41.0. The highest BCUT2D eigenvalue weighted by atomic mass is 19.4. The summed E-state index contributed by atoms with van der Waals surface area (Å²) in [6, 6.07) is 6.71. The van der Waals surface area contributed by atoms with Crippen molar-refractivity contribution in [2.24, 2.45) is 0 Å². The summed E-state index contributed by atoms with van der Waals surface area (Å²) in [5, 5.41) is 2.44. The van der Waals surface area contributed by atoms with Gasteiger partial charge in [0.05, 0.1) is 0 Å². The molecule has 2 aromatic rings. The highest BCUT2D eigenvalue weighted by molar-refractivity contribution is 5.96. The molecule has 0 aliphatic carbocycles. The molecule has 0 saturated carbocycles. The number of rotatable bonds is 2. The summed E-state index contributed by atoms with van der Waals surface area (Å²) in [5.41, 5.74) is 1.42. The molecule has 0 fully saturated rings. The summed E-state index contributed by atoms with van der Waals surface area (Å²) in [4.78, 5) is 11.4. The molecule has 1 heterocycles. The summed E-state index contributed by atoms with van der Waals surface area (Å²) in [5.74, 6) is -0.999. The number of nitrogens with one attached hydrogen (secondary N) is 1. The monoisotopic (exact) mass is 257 g/mol. The van der Waals surface area contributed by atoms with E-state index < -0.39 is 18.6 Å². The summed E-state index contributed by atoms with van der Waals surface area (Å²) in [6.07, 6.45) is -4.43. The number of benzene rings is 1. The van der Waals surface area contributed by atoms with Crippen LogP contribution in [0, 0.1) is 6.92 Å². The maximum atomic E-state index is 11.9. The first-order valence-corrected chi connectivity index (χ1v) is 5.20. The molecule has 0 saturated heterocycles. The summed E-state index contributed by atoms with van der Waals surface area (Å²) in [6.45, 7) is 0.479. The normalized spacial score (nSPS) is 11.8. The zero-order chi connectivity index (χ0) is 13.3. The summed E-state index contributed by atoms with van der Waals surface area (Å²) >= 11 is 0. The first-order valence-electron chi connectivity index (χ1n) is 5.20. The number of fused-ring (bicyclic) bond motifs is 1. The predicted octanol–water partition coefficient (Wildman–Crippen LogP) is 3.03. The van der Waals surface area contributed by atoms with Crippen LogP contribution in [0.15, 0.2) is 28.7 Å². The lowest BCUT2D eigenvalue weighted by Gasteiger charge is -2.06. The molecule has 0 aliphatic rings. The van der Waals surface area contributed by atoms with E-state index in [1.54, 1.807) is 17.4 Å². The summed E-state index contributed by atoms with van der Waals surface area (Å²) in [7, 11) is 0. The fourth-order valence-corrected chi connectivity index (χ4v) is 1.52. The number of halogens is 3. The molecular weight excluding hydrogens is 247 g/mol. The van der Waals surface area contributed by atoms with Crippen LogP contribution in [0.3, 0.4) is 0 Å². The fourth-order valence-electron chi connectivity index (χ4n) is 1.52. The van der Waals surface area contributed by atoms with Gasteiger partial charge in [0, 0.05) is 5.39 Å². The van der Waals surface area contributed by atoms with Crippen LogP contribution in [0.1, 0.15) is 16.1 Å². The van der Waals surface area contributed by atoms with Crippen molar-refractivity contribution in [1.82, 2.24) is 5.32 Å². The lowest BCUT2D eigenvalue weighted by Crippen LogP contribution is -2.33. The van der Waals surface area contributed by atoms with Crippen molar-refractivity contribution in [3.8, 4) is 0 Å². The van der Waals surface area contributed by atoms with Gasteiger partial charge >= 0.3 is 6.18 Å². The molecule has 1 amide bonds. The van der Waals surface area contributed by atoms with Crippen LogP contribution < -0.4 is 5.32 Å². The van der Waals surface area contributed by atoms with Crippen LogP contribution in [0.2, 0.25) is 0 Å². The van der Waals surface area contributed by atoms with E-state index in [0.717, 1.165) is 5.56 Å². The van der Waals surface area contributed by atoms with Gasteiger partial charge in [-0.1, -0.05) is 12.1 Å². The van der Waals surface area contributed by atoms with E-state index >= 15 is 0 Å². The van der Waals surface area contributed by atoms with Gasteiger partial charge in [-0.2, -0.15) is 13.2 Å². The average molecular weight is 257 g/mol. The highest BCUT2D eigenvalue weighted by Gasteiger charge is 2.28. The van der Waals surface area contributed by atoms with Crippen LogP contribution in [-0.4, -0.2) is 18.6 Å². The maximum absolute atomic E-state index is 11.9. The minimum atomic E-state index is -4.43. The third kappa shape index (κ3) is 2.82. The zero-order valence-electron chi connectivity index (χ0n) is 9.47. The Balaban J connectivity index is 2.18. The molecular formula is C12H10F3NO2. The molecule has 0 spiro atoms. The SMILES string of the molecule is Cc1ccc2cc(C(=O)NCC(F)(F)F)oc2c1. The number of aryl methyl sites for hydroxylation is 1. The highest BCUT2D eigenvalue weighted by Crippen LogP contribution is 2.21. The molecule has 0 atom stereocenters. The number of carbonyl (C=O) groups excluding carboxylic acids is 1. The maximum Gasteiger partial charge on any atom is 0.405 e. The average Bonchev–Trinajstić information content (AvgIpc) is 2.67. The number of amides is 1. The molecule has 1 aromatic carbocycles. The van der Waals surface area contributed by atoms with Gasteiger partial charge in [0.1, 0.15) is 12.1 Å². The molecule has 1 N–H and O–H groups in total. The number of alkyl halides is 3. The van der Waals surface area contributed by atoms with Gasteiger partial charge in [0.15, 0.2) is 5.76 Å². The first kappa shape index (κ1) is 12.5. The Labute approximate surface area is 101 Å². The second-order valence-electron chi connectivity index (χ2n) is 3.95. The molecule has 0 unspecified atom stereocenters. The third-order valence-electron chi connectivity index (χ3n) is 2.35. The second kappa shape index (κ2) is 4.36. The topological polar surface area (TPSA) is 42.2 Å². The van der Waals surface area contributed by atoms with Gasteiger partial charge in [0.25, 0.3) is 5.91 Å². The van der Waals surface area contributed by atoms with Crippen molar-refractivity contribution in [1.29, 1.82) is 0 Å². The molecule has 3 nitrogen and oxygen atoms in total. The van der Waals surface area contributed by atoms with Gasteiger partial charge in [-0.15, -0.1) is 0 Å². The van der Waals surface area contributed by atoms with Gasteiger partial charge in [0.2, 0.25) is 0 Å². The molecule has 6 heteroatoms. The third-order valence-corrected chi connectivity index (χ3v) is 2.35. The largest absolute Gasteiger partial charge is 0.451 e. The second-order valence-corrected chi connectivity index (χ2v) is 3.95. The number of carbonyl (C=O) groups is 1. The van der Waals surface area contributed by atoms with Gasteiger partial charge < -0.3 is 9.73 Å². The van der Waals surface area contributed by atoms with Crippen LogP contribution in [0.5, 0.6) is 0 Å². The van der Waals surface area contributed by atoms with Gasteiger partial charge in [-0.25, -0.2) is 0 Å². The number of furan rings is 1. The van der Waals surface area contributed by atoms with Crippen LogP contribution in [0.4, 0.5) is 13.2 Å². The first-order chi connectivity index (χ1) is 8.35. The number of hydrogen-bond acceptors (Lipinski definition) is 2. The van der Waals surface area contributed by atoms with E-state index in [9.17, 15) is 18.0 Å². The van der Waals surface area contributed by atoms with Crippen LogP contribution in [-0.2, 0) is 0 Å². The lowest BCUT2D eigenvalue weighted by molar-refractivity contribution is -0.123. The Bertz CT molecular complexity index is 587. The molecule has 0 aliphatic heterocycles. The molecule has 18 heavy (non-hydrogen) atoms. The van der Waals surface area contributed by atoms with E-state index in [1.807, 2.05) is 13.0 Å².